The molecule has 0 aromatic carbocycles. The molecular weight excluding hydrogens is 640 g/mol. The maximum Gasteiger partial charge on any atom is 0.303 e. The minimum Gasteiger partial charge on any atom is -0.481 e. The summed E-state index contributed by atoms with van der Waals surface area (Å²) in [5.74, 6) is -2.29. The van der Waals surface area contributed by atoms with E-state index in [0.717, 1.165) is 51.4 Å². The van der Waals surface area contributed by atoms with Crippen LogP contribution in [0.4, 0.5) is 0 Å². The number of nitrogens with one attached hydrogen (secondary N) is 4. The zero-order chi connectivity index (χ0) is 36.4. The second-order valence-electron chi connectivity index (χ2n) is 11.8. The minimum atomic E-state index is -0.910. The third-order valence-corrected chi connectivity index (χ3v) is 7.26. The highest BCUT2D eigenvalue weighted by Gasteiger charge is 2.19. The zero-order valence-corrected chi connectivity index (χ0v) is 29.2. The molecule has 16 heteroatoms. The number of primary amides is 1. The monoisotopic (exact) mass is 702 g/mol. The van der Waals surface area contributed by atoms with Crippen LogP contribution in [0.2, 0.25) is 0 Å². The Morgan fingerprint density at radius 1 is 0.551 bits per heavy atom. The molecular formula is C33H62N6O10. The van der Waals surface area contributed by atoms with Gasteiger partial charge < -0.3 is 51.5 Å². The fourth-order valence-corrected chi connectivity index (χ4v) is 4.61. The molecule has 0 unspecified atom stereocenters. The number of amidine groups is 1. The van der Waals surface area contributed by atoms with E-state index in [1.54, 1.807) is 0 Å². The number of amides is 4. The van der Waals surface area contributed by atoms with E-state index < -0.39 is 17.9 Å². The molecule has 0 rings (SSSR count). The van der Waals surface area contributed by atoms with Gasteiger partial charge in [0.1, 0.15) is 25.1 Å². The molecule has 0 aromatic rings. The van der Waals surface area contributed by atoms with Gasteiger partial charge in [0.15, 0.2) is 0 Å². The van der Waals surface area contributed by atoms with E-state index in [1.165, 1.54) is 25.7 Å². The number of carboxylic acid groups (broad SMARTS) is 1. The molecule has 1 atom stereocenters. The normalized spacial score (nSPS) is 11.5. The molecule has 0 saturated carbocycles. The van der Waals surface area contributed by atoms with Crippen LogP contribution in [0.3, 0.4) is 0 Å². The van der Waals surface area contributed by atoms with Gasteiger partial charge >= 0.3 is 5.97 Å². The van der Waals surface area contributed by atoms with E-state index in [4.69, 9.17) is 40.9 Å². The minimum absolute atomic E-state index is 0.0233. The lowest BCUT2D eigenvalue weighted by atomic mass is 10.0. The van der Waals surface area contributed by atoms with Gasteiger partial charge in [0.2, 0.25) is 23.6 Å². The van der Waals surface area contributed by atoms with E-state index in [-0.39, 0.29) is 82.4 Å². The van der Waals surface area contributed by atoms with E-state index in [2.05, 4.69) is 16.0 Å². The number of carbonyl (C=O) groups is 5. The number of hydrogen-bond acceptors (Lipinski definition) is 10. The largest absolute Gasteiger partial charge is 0.481 e. The summed E-state index contributed by atoms with van der Waals surface area (Å²) in [4.78, 5) is 58.4. The van der Waals surface area contributed by atoms with Gasteiger partial charge in [-0.2, -0.15) is 0 Å². The van der Waals surface area contributed by atoms with Crippen LogP contribution < -0.4 is 27.4 Å². The van der Waals surface area contributed by atoms with Crippen molar-refractivity contribution in [3.05, 3.63) is 0 Å². The first kappa shape index (κ1) is 45.7. The second kappa shape index (κ2) is 33.2. The molecule has 9 N–H and O–H groups in total. The van der Waals surface area contributed by atoms with E-state index in [0.29, 0.717) is 32.8 Å². The molecule has 0 radical (unpaired) electrons. The molecule has 0 aliphatic heterocycles. The zero-order valence-electron chi connectivity index (χ0n) is 29.2. The Morgan fingerprint density at radius 3 is 1.49 bits per heavy atom. The number of aliphatic carboxylic acids is 1. The fraction of sp³-hybridized carbons (Fsp3) is 0.818. The second-order valence-corrected chi connectivity index (χ2v) is 11.8. The summed E-state index contributed by atoms with van der Waals surface area (Å²) in [7, 11) is 0. The summed E-state index contributed by atoms with van der Waals surface area (Å²) in [5.41, 5.74) is 10.6. The average molecular weight is 703 g/mol. The van der Waals surface area contributed by atoms with Gasteiger partial charge in [0, 0.05) is 32.4 Å². The molecule has 0 aliphatic carbocycles. The number of hydrogen-bond donors (Lipinski definition) is 7. The Morgan fingerprint density at radius 2 is 1.00 bits per heavy atom. The SMILES string of the molecule is N=C(N)COCCOCCNC(=O)COCCOCCNC(=O)CC[C@H](NC(=O)CCCCCCCCCCCCCCC(=O)O)C(N)=O. The molecule has 0 saturated heterocycles. The van der Waals surface area contributed by atoms with Crippen LogP contribution in [0.5, 0.6) is 0 Å². The van der Waals surface area contributed by atoms with Gasteiger partial charge in [-0.1, -0.05) is 64.2 Å². The molecule has 4 amide bonds. The molecule has 0 spiro atoms. The Balaban J connectivity index is 3.68. The lowest BCUT2D eigenvalue weighted by Gasteiger charge is -2.15. The third kappa shape index (κ3) is 34.3. The van der Waals surface area contributed by atoms with Crippen molar-refractivity contribution in [2.24, 2.45) is 11.5 Å². The van der Waals surface area contributed by atoms with Gasteiger partial charge in [-0.3, -0.25) is 29.4 Å². The number of carboxylic acids is 1. The Hall–Kier alpha value is -3.34. The highest BCUT2D eigenvalue weighted by molar-refractivity contribution is 5.87. The van der Waals surface area contributed by atoms with Crippen LogP contribution in [0.25, 0.3) is 0 Å². The van der Waals surface area contributed by atoms with Gasteiger partial charge in [-0.15, -0.1) is 0 Å². The van der Waals surface area contributed by atoms with Crippen LogP contribution in [0, 0.1) is 5.41 Å². The topological polar surface area (TPSA) is 254 Å². The molecule has 0 aromatic heterocycles. The Kier molecular flexibility index (Phi) is 30.9. The first-order valence-electron chi connectivity index (χ1n) is 17.6. The lowest BCUT2D eigenvalue weighted by Crippen LogP contribution is -2.45. The predicted molar refractivity (Wildman–Crippen MR) is 184 cm³/mol. The number of unbranched alkanes of at least 4 members (excludes halogenated alkanes) is 11. The van der Waals surface area contributed by atoms with Crippen LogP contribution in [-0.2, 0) is 42.9 Å². The van der Waals surface area contributed by atoms with Gasteiger partial charge in [-0.05, 0) is 19.3 Å². The summed E-state index contributed by atoms with van der Waals surface area (Å²) < 4.78 is 21.0. The standard InChI is InChI=1S/C33H62N6O10/c34-28(35)25-48-23-21-47-20-18-38-31(42)26-49-24-22-46-19-17-37-29(40)16-15-27(33(36)45)39-30(41)13-11-9-7-5-3-1-2-4-6-8-10-12-14-32(43)44/h27H,1-26H2,(H3,34,35)(H2,36,45)(H,37,40)(H,38,42)(H,39,41)(H,43,44)/t27-/m0/s1. The first-order valence-corrected chi connectivity index (χ1v) is 17.6. The molecule has 0 bridgehead atoms. The van der Waals surface area contributed by atoms with Crippen molar-refractivity contribution in [2.75, 3.05) is 65.9 Å². The van der Waals surface area contributed by atoms with E-state index in [9.17, 15) is 24.0 Å². The first-order chi connectivity index (χ1) is 23.6. The van der Waals surface area contributed by atoms with Gasteiger partial charge in [-0.25, -0.2) is 0 Å². The number of carbonyl (C=O) groups excluding carboxylic acids is 4. The summed E-state index contributed by atoms with van der Waals surface area (Å²) in [5, 5.41) is 23.6. The van der Waals surface area contributed by atoms with Crippen LogP contribution in [0.15, 0.2) is 0 Å². The van der Waals surface area contributed by atoms with E-state index in [1.807, 2.05) is 0 Å². The third-order valence-electron chi connectivity index (χ3n) is 7.26. The molecule has 0 fully saturated rings. The van der Waals surface area contributed by atoms with Crippen molar-refractivity contribution >= 4 is 35.4 Å². The van der Waals surface area contributed by atoms with Crippen molar-refractivity contribution in [2.45, 2.75) is 109 Å². The van der Waals surface area contributed by atoms with Crippen LogP contribution in [0.1, 0.15) is 103 Å². The van der Waals surface area contributed by atoms with Crippen molar-refractivity contribution in [3.8, 4) is 0 Å². The van der Waals surface area contributed by atoms with Crippen molar-refractivity contribution < 1.29 is 48.0 Å². The molecule has 0 aliphatic rings. The summed E-state index contributed by atoms with van der Waals surface area (Å²) in [6.07, 6.45) is 13.3. The highest BCUT2D eigenvalue weighted by atomic mass is 16.5. The molecule has 16 nitrogen and oxygen atoms in total. The van der Waals surface area contributed by atoms with Crippen LogP contribution in [-0.4, -0.2) is 113 Å². The van der Waals surface area contributed by atoms with Crippen molar-refractivity contribution in [3.63, 3.8) is 0 Å². The van der Waals surface area contributed by atoms with E-state index >= 15 is 0 Å². The summed E-state index contributed by atoms with van der Waals surface area (Å²) >= 11 is 0. The predicted octanol–water partition coefficient (Wildman–Crippen LogP) is 1.52. The molecule has 0 heterocycles. The fourth-order valence-electron chi connectivity index (χ4n) is 4.61. The van der Waals surface area contributed by atoms with Gasteiger partial charge in [0.25, 0.3) is 0 Å². The summed E-state index contributed by atoms with van der Waals surface area (Å²) in [6, 6.07) is -0.910. The lowest BCUT2D eigenvalue weighted by molar-refractivity contribution is -0.137. The smallest absolute Gasteiger partial charge is 0.303 e. The number of rotatable bonds is 36. The quantitative estimate of drug-likeness (QED) is 0.0280. The van der Waals surface area contributed by atoms with Crippen molar-refractivity contribution in [1.82, 2.24) is 16.0 Å². The number of ether oxygens (including phenoxy) is 4. The number of nitrogens with two attached hydrogens (primary N) is 2. The molecule has 49 heavy (non-hydrogen) atoms. The Labute approximate surface area is 290 Å². The molecule has 284 valence electrons. The highest BCUT2D eigenvalue weighted by Crippen LogP contribution is 2.13. The maximum absolute atomic E-state index is 12.3. The van der Waals surface area contributed by atoms with Crippen molar-refractivity contribution in [1.29, 1.82) is 5.41 Å². The van der Waals surface area contributed by atoms with Crippen LogP contribution >= 0.6 is 0 Å². The van der Waals surface area contributed by atoms with Gasteiger partial charge in [0.05, 0.1) is 39.6 Å². The summed E-state index contributed by atoms with van der Waals surface area (Å²) in [6.45, 7) is 2.14. The average Bonchev–Trinajstić information content (AvgIpc) is 3.05. The Bertz CT molecular complexity index is 924. The maximum atomic E-state index is 12.3.